The molecule has 2 aliphatic heterocycles. The Labute approximate surface area is 477 Å². The zero-order valence-corrected chi connectivity index (χ0v) is 43.5. The van der Waals surface area contributed by atoms with E-state index in [2.05, 4.69) is 16.0 Å². The summed E-state index contributed by atoms with van der Waals surface area (Å²) < 4.78 is 82.1. The molecule has 1 unspecified atom stereocenters. The predicted octanol–water partition coefficient (Wildman–Crippen LogP) is 5.36. The van der Waals surface area contributed by atoms with Gasteiger partial charge in [-0.2, -0.15) is 0 Å². The highest BCUT2D eigenvalue weighted by atomic mass is 19.1. The first kappa shape index (κ1) is 57.8. The van der Waals surface area contributed by atoms with Gasteiger partial charge in [-0.3, -0.25) is 24.0 Å². The molecular formula is C61H35F4N3O18-4. The average Bonchev–Trinajstić information content (AvgIpc) is 0.827. The van der Waals surface area contributed by atoms with Crippen molar-refractivity contribution < 1.29 is 95.3 Å². The van der Waals surface area contributed by atoms with Crippen molar-refractivity contribution in [3.8, 4) is 67.9 Å². The summed E-state index contributed by atoms with van der Waals surface area (Å²) in [5, 5.41) is 76.5. The van der Waals surface area contributed by atoms with Crippen molar-refractivity contribution in [1.82, 2.24) is 5.32 Å². The molecule has 0 fully saturated rings. The molecule has 86 heavy (non-hydrogen) atoms. The van der Waals surface area contributed by atoms with E-state index in [1.54, 1.807) is 0 Å². The fourth-order valence-corrected chi connectivity index (χ4v) is 9.57. The number of fused-ring (bicyclic) bond motifs is 4. The van der Waals surface area contributed by atoms with Gasteiger partial charge in [0.15, 0.2) is 29.5 Å². The summed E-state index contributed by atoms with van der Waals surface area (Å²) in [5.41, 5.74) is -5.79. The van der Waals surface area contributed by atoms with Gasteiger partial charge in [-0.1, -0.05) is 23.9 Å². The number of hydrogen-bond acceptors (Lipinski definition) is 18. The number of amides is 2. The Kier molecular flexibility index (Phi) is 15.7. The first-order valence-electron chi connectivity index (χ1n) is 25.2. The highest BCUT2D eigenvalue weighted by molar-refractivity contribution is 6.12. The number of phenolic OH excluding ortho intramolecular Hbond substituents is 1. The van der Waals surface area contributed by atoms with Gasteiger partial charge in [0.25, 0.3) is 11.8 Å². The number of halogens is 4. The van der Waals surface area contributed by atoms with E-state index in [0.717, 1.165) is 72.8 Å². The number of aromatic hydroxyl groups is 1. The number of aliphatic carboxylic acids is 1. The molecule has 6 aromatic rings. The van der Waals surface area contributed by atoms with Crippen LogP contribution in [0.25, 0.3) is 66.8 Å². The zero-order valence-electron chi connectivity index (χ0n) is 43.5. The van der Waals surface area contributed by atoms with Gasteiger partial charge in [0, 0.05) is 97.0 Å². The molecule has 0 saturated carbocycles. The number of nitrogens with one attached hydrogen (secondary N) is 3. The van der Waals surface area contributed by atoms with Crippen LogP contribution in [0.4, 0.5) is 28.9 Å². The summed E-state index contributed by atoms with van der Waals surface area (Å²) in [4.78, 5) is 102. The second kappa shape index (κ2) is 23.4. The van der Waals surface area contributed by atoms with Crippen LogP contribution in [0.3, 0.4) is 0 Å². The molecule has 0 saturated heterocycles. The molecule has 21 nitrogen and oxygen atoms in total. The third kappa shape index (κ3) is 11.3. The summed E-state index contributed by atoms with van der Waals surface area (Å²) in [6.07, 6.45) is 0.415. The molecule has 2 amide bonds. The summed E-state index contributed by atoms with van der Waals surface area (Å²) in [7, 11) is 0. The lowest BCUT2D eigenvalue weighted by Crippen LogP contribution is -2.41. The number of aromatic carboxylic acids is 2. The second-order valence-electron chi connectivity index (χ2n) is 18.8. The van der Waals surface area contributed by atoms with Crippen LogP contribution in [0.5, 0.6) is 23.0 Å². The van der Waals surface area contributed by atoms with E-state index in [4.69, 9.17) is 18.3 Å². The molecule has 1 atom stereocenters. The van der Waals surface area contributed by atoms with Crippen LogP contribution < -0.4 is 56.7 Å². The fourth-order valence-electron chi connectivity index (χ4n) is 9.57. The minimum Gasteiger partial charge on any atom is -0.870 e. The molecule has 6 aromatic carbocycles. The number of carbonyl (C=O) groups is 6. The first-order chi connectivity index (χ1) is 41.1. The lowest BCUT2D eigenvalue weighted by atomic mass is 9.89. The number of anilines is 2. The SMILES string of the molecule is O=Cc1ccc(NC(=O)c2ccc(-c3c4cc(F)c(=O)cc-4oc4cc([O-])c(F)cc34)c(C(=O)O)c2)cc1OCCOc1cc(NC(=O)c2ccc(-c3c4cc(F)c(=O)cc-4oc4cc(O)c(F)cc34)c(C(=O)[O-])c2)ccc1C(NCC[O-])C(=O)[O-]. The maximum atomic E-state index is 14.8. The highest BCUT2D eigenvalue weighted by Crippen LogP contribution is 2.45. The topological polar surface area (TPSA) is 350 Å². The Morgan fingerprint density at radius 1 is 0.605 bits per heavy atom. The maximum absolute atomic E-state index is 14.8. The number of rotatable bonds is 19. The van der Waals surface area contributed by atoms with Crippen molar-refractivity contribution in [3.05, 3.63) is 198 Å². The molecule has 0 bridgehead atoms. The maximum Gasteiger partial charge on any atom is 0.336 e. The van der Waals surface area contributed by atoms with E-state index in [1.807, 2.05) is 0 Å². The number of carboxylic acid groups (broad SMARTS) is 3. The van der Waals surface area contributed by atoms with E-state index < -0.39 is 112 Å². The fraction of sp³-hybridized carbons (Fsp3) is 0.0820. The van der Waals surface area contributed by atoms with Gasteiger partial charge in [0.2, 0.25) is 10.9 Å². The summed E-state index contributed by atoms with van der Waals surface area (Å²) in [5.74, 6) is -14.8. The van der Waals surface area contributed by atoms with E-state index in [0.29, 0.717) is 6.29 Å². The van der Waals surface area contributed by atoms with Gasteiger partial charge in [0.1, 0.15) is 53.2 Å². The van der Waals surface area contributed by atoms with Crippen LogP contribution in [0.1, 0.15) is 63.4 Å². The molecule has 0 radical (unpaired) electrons. The van der Waals surface area contributed by atoms with E-state index in [-0.39, 0.29) is 119 Å². The number of carbonyl (C=O) groups excluding carboxylic acids is 5. The Morgan fingerprint density at radius 3 is 1.67 bits per heavy atom. The van der Waals surface area contributed by atoms with Crippen LogP contribution in [0.2, 0.25) is 0 Å². The molecule has 0 aromatic heterocycles. The molecule has 434 valence electrons. The van der Waals surface area contributed by atoms with Crippen LogP contribution in [-0.2, 0) is 4.79 Å². The normalized spacial score (nSPS) is 11.6. The molecule has 5 N–H and O–H groups in total. The minimum atomic E-state index is -1.86. The number of aldehydes is 1. The monoisotopic (exact) mass is 1170 g/mol. The summed E-state index contributed by atoms with van der Waals surface area (Å²) in [6.45, 7) is -1.94. The number of carboxylic acids is 3. The summed E-state index contributed by atoms with van der Waals surface area (Å²) in [6, 6.07) is 18.5. The number of phenols is 1. The van der Waals surface area contributed by atoms with Crippen molar-refractivity contribution in [2.24, 2.45) is 0 Å². The molecule has 2 heterocycles. The van der Waals surface area contributed by atoms with Crippen LogP contribution in [-0.4, -0.2) is 72.6 Å². The molecule has 2 aliphatic carbocycles. The molecular weight excluding hydrogens is 1140 g/mol. The molecule has 25 heteroatoms. The highest BCUT2D eigenvalue weighted by Gasteiger charge is 2.28. The van der Waals surface area contributed by atoms with Crippen molar-refractivity contribution in [2.45, 2.75) is 6.04 Å². The zero-order chi connectivity index (χ0) is 61.4. The van der Waals surface area contributed by atoms with Gasteiger partial charge >= 0.3 is 5.97 Å². The van der Waals surface area contributed by atoms with Crippen molar-refractivity contribution in [2.75, 3.05) is 37.0 Å². The molecule has 10 rings (SSSR count). The summed E-state index contributed by atoms with van der Waals surface area (Å²) >= 11 is 0. The third-order valence-electron chi connectivity index (χ3n) is 13.5. The Morgan fingerprint density at radius 2 is 1.13 bits per heavy atom. The minimum absolute atomic E-state index is 0.00381. The van der Waals surface area contributed by atoms with Gasteiger partial charge in [-0.05, 0) is 90.5 Å². The van der Waals surface area contributed by atoms with Crippen molar-refractivity contribution in [1.29, 1.82) is 0 Å². The number of benzene rings is 8. The number of hydrogen-bond donors (Lipinski definition) is 5. The van der Waals surface area contributed by atoms with Crippen molar-refractivity contribution in [3.63, 3.8) is 0 Å². The predicted molar refractivity (Wildman–Crippen MR) is 287 cm³/mol. The largest absolute Gasteiger partial charge is 0.870 e. The third-order valence-corrected chi connectivity index (χ3v) is 13.5. The standard InChI is InChI=1S/C61H38F4N3O18/c62-40-17-36-50(21-44(40)71)85-51-22-45(72)41(63)18-37(51)54(36)31-6-2-26(13-34(31)59(77)78)57(75)67-29-4-1-28(25-70)48(15-29)83-11-12-84-49-16-30(5-8-33(49)56(61(81)82)66-9-10-69)68-58(76)27-3-7-32(35(14-27)60(79)80)55-38-19-42(64)46(73)23-52(38)86-53-24-47(74)43(65)20-39(53)55/h1-8,13-25,56,66,71,73H,9-12H2,(H,67,75)(H,68,76)(H,77,78)(H,79,80)(H,81,82)/q-1/p-3. The van der Waals surface area contributed by atoms with Crippen molar-refractivity contribution >= 4 is 69.3 Å². The first-order valence-corrected chi connectivity index (χ1v) is 25.2. The van der Waals surface area contributed by atoms with E-state index >= 15 is 0 Å². The molecule has 0 spiro atoms. The number of ether oxygens (including phenoxy) is 2. The van der Waals surface area contributed by atoms with E-state index in [1.165, 1.54) is 48.5 Å². The van der Waals surface area contributed by atoms with E-state index in [9.17, 15) is 86.6 Å². The Hall–Kier alpha value is -11.4. The van der Waals surface area contributed by atoms with Crippen LogP contribution >= 0.6 is 0 Å². The lowest BCUT2D eigenvalue weighted by molar-refractivity contribution is -0.365. The lowest BCUT2D eigenvalue weighted by Gasteiger charge is -2.24. The average molecular weight is 1170 g/mol. The van der Waals surface area contributed by atoms with Gasteiger partial charge in [-0.25, -0.2) is 22.4 Å². The Balaban J connectivity index is 0.889. The van der Waals surface area contributed by atoms with Gasteiger partial charge < -0.3 is 74.5 Å². The van der Waals surface area contributed by atoms with Gasteiger partial charge in [0.05, 0.1) is 29.1 Å². The smallest absolute Gasteiger partial charge is 0.336 e. The van der Waals surface area contributed by atoms with Gasteiger partial charge in [-0.15, -0.1) is 6.61 Å². The second-order valence-corrected chi connectivity index (χ2v) is 18.8. The Bertz CT molecular complexity index is 4560. The van der Waals surface area contributed by atoms with Crippen LogP contribution in [0.15, 0.2) is 140 Å². The molecule has 4 aliphatic rings. The van der Waals surface area contributed by atoms with Crippen LogP contribution in [0, 0.1) is 23.3 Å². The quantitative estimate of drug-likeness (QED) is 0.0294.